The molecule has 7 heteroatoms. The maximum Gasteiger partial charge on any atom is 0.343 e. The highest BCUT2D eigenvalue weighted by atomic mass is 16.5. The monoisotopic (exact) mass is 318 g/mol. The molecule has 3 rings (SSSR count). The molecule has 0 unspecified atom stereocenters. The van der Waals surface area contributed by atoms with Gasteiger partial charge in [0.2, 0.25) is 0 Å². The van der Waals surface area contributed by atoms with E-state index in [0.29, 0.717) is 23.3 Å². The zero-order chi connectivity index (χ0) is 16.4. The first-order valence-electron chi connectivity index (χ1n) is 8.18. The number of H-pyrrole nitrogens is 1. The predicted octanol–water partition coefficient (Wildman–Crippen LogP) is 1.23. The predicted molar refractivity (Wildman–Crippen MR) is 86.0 cm³/mol. The molecule has 0 spiro atoms. The Morgan fingerprint density at radius 3 is 2.78 bits per heavy atom. The summed E-state index contributed by atoms with van der Waals surface area (Å²) in [6.07, 6.45) is 2.51. The third kappa shape index (κ3) is 2.88. The fourth-order valence-corrected chi connectivity index (χ4v) is 3.19. The average Bonchev–Trinajstić information content (AvgIpc) is 2.93. The first-order chi connectivity index (χ1) is 11.2. The number of nitrogens with zero attached hydrogens (tertiary/aromatic N) is 2. The molecule has 0 amide bonds. The second-order valence-corrected chi connectivity index (χ2v) is 5.74. The van der Waals surface area contributed by atoms with E-state index < -0.39 is 5.97 Å². The van der Waals surface area contributed by atoms with Gasteiger partial charge in [0.05, 0.1) is 18.0 Å². The lowest BCUT2D eigenvalue weighted by atomic mass is 9.94. The number of carbonyl (C=O) groups excluding carboxylic acids is 1. The maximum absolute atomic E-state index is 12.3. The zero-order valence-corrected chi connectivity index (χ0v) is 13.5. The zero-order valence-electron chi connectivity index (χ0n) is 13.5. The number of hydrogen-bond acceptors (Lipinski definition) is 5. The fourth-order valence-electron chi connectivity index (χ4n) is 3.19. The first-order valence-corrected chi connectivity index (χ1v) is 8.18. The van der Waals surface area contributed by atoms with Gasteiger partial charge in [-0.25, -0.2) is 9.31 Å². The summed E-state index contributed by atoms with van der Waals surface area (Å²) in [6.45, 7) is 5.83. The highest BCUT2D eigenvalue weighted by molar-refractivity contribution is 5.97. The summed E-state index contributed by atoms with van der Waals surface area (Å²) in [5.41, 5.74) is 2.14. The van der Waals surface area contributed by atoms with Crippen LogP contribution < -0.4 is 10.9 Å². The Hall–Kier alpha value is -2.15. The summed E-state index contributed by atoms with van der Waals surface area (Å²) >= 11 is 0. The number of aryl methyl sites for hydroxylation is 1. The molecule has 1 fully saturated rings. The molecule has 7 nitrogen and oxygen atoms in total. The average molecular weight is 318 g/mol. The van der Waals surface area contributed by atoms with Crippen molar-refractivity contribution < 1.29 is 9.53 Å². The van der Waals surface area contributed by atoms with Crippen molar-refractivity contribution in [1.29, 1.82) is 0 Å². The minimum absolute atomic E-state index is 0.209. The van der Waals surface area contributed by atoms with Crippen molar-refractivity contribution in [2.75, 3.05) is 19.7 Å². The standard InChI is InChI=1S/C16H22N4O3/c1-3-11-14(16(22)23-4-2)15-18-13(21)9-12(20(15)19-11)10-5-7-17-8-6-10/h9-10,17H,3-8H2,1-2H3,(H,18,21). The van der Waals surface area contributed by atoms with Gasteiger partial charge in [0.1, 0.15) is 5.56 Å². The van der Waals surface area contributed by atoms with Crippen molar-refractivity contribution in [1.82, 2.24) is 19.9 Å². The molecular formula is C16H22N4O3. The van der Waals surface area contributed by atoms with Gasteiger partial charge in [0, 0.05) is 12.0 Å². The van der Waals surface area contributed by atoms with Gasteiger partial charge in [0.25, 0.3) is 5.56 Å². The summed E-state index contributed by atoms with van der Waals surface area (Å²) in [4.78, 5) is 27.2. The van der Waals surface area contributed by atoms with Crippen molar-refractivity contribution in [3.05, 3.63) is 33.4 Å². The molecule has 23 heavy (non-hydrogen) atoms. The number of nitrogens with one attached hydrogen (secondary N) is 2. The first kappa shape index (κ1) is 15.7. The Morgan fingerprint density at radius 1 is 1.39 bits per heavy atom. The largest absolute Gasteiger partial charge is 0.462 e. The van der Waals surface area contributed by atoms with Crippen LogP contribution in [0.4, 0.5) is 0 Å². The molecule has 1 aliphatic heterocycles. The molecule has 124 valence electrons. The summed E-state index contributed by atoms with van der Waals surface area (Å²) in [7, 11) is 0. The quantitative estimate of drug-likeness (QED) is 0.828. The molecule has 2 aromatic heterocycles. The molecule has 0 bridgehead atoms. The summed E-state index contributed by atoms with van der Waals surface area (Å²) in [5.74, 6) is -0.168. The summed E-state index contributed by atoms with van der Waals surface area (Å²) in [6, 6.07) is 1.60. The lowest BCUT2D eigenvalue weighted by Gasteiger charge is -2.23. The van der Waals surface area contributed by atoms with E-state index in [1.807, 2.05) is 6.92 Å². The number of hydrogen-bond donors (Lipinski definition) is 2. The number of esters is 1. The second kappa shape index (κ2) is 6.54. The summed E-state index contributed by atoms with van der Waals surface area (Å²) in [5, 5.41) is 7.90. The lowest BCUT2D eigenvalue weighted by Crippen LogP contribution is -2.28. The molecule has 0 radical (unpaired) electrons. The van der Waals surface area contributed by atoms with Gasteiger partial charge in [-0.05, 0) is 39.3 Å². The van der Waals surface area contributed by atoms with Crippen molar-refractivity contribution >= 4 is 11.6 Å². The fraction of sp³-hybridized carbons (Fsp3) is 0.562. The molecule has 2 N–H and O–H groups in total. The van der Waals surface area contributed by atoms with Crippen LogP contribution in [0.25, 0.3) is 5.65 Å². The Kier molecular flexibility index (Phi) is 4.47. The van der Waals surface area contributed by atoms with E-state index >= 15 is 0 Å². The Morgan fingerprint density at radius 2 is 2.13 bits per heavy atom. The third-order valence-electron chi connectivity index (χ3n) is 4.29. The van der Waals surface area contributed by atoms with Crippen LogP contribution >= 0.6 is 0 Å². The maximum atomic E-state index is 12.3. The van der Waals surface area contributed by atoms with Crippen molar-refractivity contribution in [3.63, 3.8) is 0 Å². The van der Waals surface area contributed by atoms with Crippen LogP contribution in [0.1, 0.15) is 54.4 Å². The van der Waals surface area contributed by atoms with E-state index in [1.165, 1.54) is 0 Å². The number of piperidine rings is 1. The number of carbonyl (C=O) groups is 1. The van der Waals surface area contributed by atoms with E-state index in [1.54, 1.807) is 17.5 Å². The van der Waals surface area contributed by atoms with Crippen LogP contribution in [0.5, 0.6) is 0 Å². The van der Waals surface area contributed by atoms with Crippen LogP contribution in [0.2, 0.25) is 0 Å². The number of rotatable bonds is 4. The van der Waals surface area contributed by atoms with E-state index in [4.69, 9.17) is 4.74 Å². The van der Waals surface area contributed by atoms with Crippen molar-refractivity contribution in [3.8, 4) is 0 Å². The third-order valence-corrected chi connectivity index (χ3v) is 4.29. The SMILES string of the molecule is CCOC(=O)c1c(CC)nn2c(C3CCNCC3)cc(=O)[nH]c12. The van der Waals surface area contributed by atoms with Gasteiger partial charge < -0.3 is 15.0 Å². The van der Waals surface area contributed by atoms with Gasteiger partial charge in [0.15, 0.2) is 5.65 Å². The minimum atomic E-state index is -0.433. The molecule has 2 aromatic rings. The van der Waals surface area contributed by atoms with Crippen molar-refractivity contribution in [2.24, 2.45) is 0 Å². The number of aromatic nitrogens is 3. The lowest BCUT2D eigenvalue weighted by molar-refractivity contribution is 0.0527. The van der Waals surface area contributed by atoms with Crippen LogP contribution in [0.15, 0.2) is 10.9 Å². The molecule has 1 saturated heterocycles. The van der Waals surface area contributed by atoms with Gasteiger partial charge in [-0.1, -0.05) is 6.92 Å². The van der Waals surface area contributed by atoms with Gasteiger partial charge in [-0.3, -0.25) is 4.79 Å². The van der Waals surface area contributed by atoms with Crippen LogP contribution in [0.3, 0.4) is 0 Å². The molecule has 0 aromatic carbocycles. The second-order valence-electron chi connectivity index (χ2n) is 5.74. The Balaban J connectivity index is 2.19. The molecule has 1 aliphatic rings. The number of fused-ring (bicyclic) bond motifs is 1. The number of aromatic amines is 1. The van der Waals surface area contributed by atoms with Gasteiger partial charge in [-0.15, -0.1) is 0 Å². The molecule has 0 saturated carbocycles. The van der Waals surface area contributed by atoms with Crippen LogP contribution in [0, 0.1) is 0 Å². The highest BCUT2D eigenvalue weighted by Crippen LogP contribution is 2.26. The van der Waals surface area contributed by atoms with E-state index in [2.05, 4.69) is 15.4 Å². The van der Waals surface area contributed by atoms with Gasteiger partial charge >= 0.3 is 5.97 Å². The van der Waals surface area contributed by atoms with Crippen LogP contribution in [-0.2, 0) is 11.2 Å². The Labute approximate surface area is 134 Å². The van der Waals surface area contributed by atoms with Gasteiger partial charge in [-0.2, -0.15) is 5.10 Å². The minimum Gasteiger partial charge on any atom is -0.462 e. The number of ether oxygens (including phenoxy) is 1. The topological polar surface area (TPSA) is 88.5 Å². The smallest absolute Gasteiger partial charge is 0.343 e. The van der Waals surface area contributed by atoms with E-state index in [9.17, 15) is 9.59 Å². The molecule has 0 aliphatic carbocycles. The molecular weight excluding hydrogens is 296 g/mol. The summed E-state index contributed by atoms with van der Waals surface area (Å²) < 4.78 is 6.86. The van der Waals surface area contributed by atoms with E-state index in [0.717, 1.165) is 31.6 Å². The van der Waals surface area contributed by atoms with Crippen molar-refractivity contribution in [2.45, 2.75) is 39.0 Å². The molecule has 3 heterocycles. The normalized spacial score (nSPS) is 15.9. The highest BCUT2D eigenvalue weighted by Gasteiger charge is 2.25. The van der Waals surface area contributed by atoms with Crippen LogP contribution in [-0.4, -0.2) is 40.3 Å². The Bertz CT molecular complexity index is 771. The molecule has 0 atom stereocenters. The van der Waals surface area contributed by atoms with E-state index in [-0.39, 0.29) is 18.1 Å².